The third-order valence-electron chi connectivity index (χ3n) is 4.36. The van der Waals surface area contributed by atoms with Crippen LogP contribution in [0.5, 0.6) is 11.5 Å². The molecule has 8 nitrogen and oxygen atoms in total. The van der Waals surface area contributed by atoms with Gasteiger partial charge in [0.1, 0.15) is 11.5 Å². The van der Waals surface area contributed by atoms with Crippen LogP contribution in [0.15, 0.2) is 24.3 Å². The molecular formula is C21H29N3O5. The number of nitrogens with one attached hydrogen (secondary N) is 1. The topological polar surface area (TPSA) is 91.7 Å². The van der Waals surface area contributed by atoms with Gasteiger partial charge >= 0.3 is 5.97 Å². The average Bonchev–Trinajstić information content (AvgIpc) is 2.92. The minimum Gasteiger partial charge on any atom is -0.494 e. The van der Waals surface area contributed by atoms with Gasteiger partial charge in [-0.3, -0.25) is 14.3 Å². The lowest BCUT2D eigenvalue weighted by Gasteiger charge is -2.14. The summed E-state index contributed by atoms with van der Waals surface area (Å²) in [7, 11) is 1.80. The molecule has 0 bridgehead atoms. The number of benzene rings is 1. The zero-order valence-electron chi connectivity index (χ0n) is 17.7. The van der Waals surface area contributed by atoms with Crippen molar-refractivity contribution in [1.82, 2.24) is 9.78 Å². The Morgan fingerprint density at radius 3 is 2.31 bits per heavy atom. The summed E-state index contributed by atoms with van der Waals surface area (Å²) in [6.45, 7) is 8.12. The van der Waals surface area contributed by atoms with Gasteiger partial charge in [-0.15, -0.1) is 0 Å². The van der Waals surface area contributed by atoms with E-state index in [1.165, 1.54) is 0 Å². The van der Waals surface area contributed by atoms with Crippen LogP contribution < -0.4 is 14.8 Å². The summed E-state index contributed by atoms with van der Waals surface area (Å²) in [6, 6.07) is 7.30. The Morgan fingerprint density at radius 1 is 1.14 bits per heavy atom. The Balaban J connectivity index is 1.70. The molecule has 0 aliphatic rings. The molecule has 29 heavy (non-hydrogen) atoms. The molecule has 0 saturated carbocycles. The van der Waals surface area contributed by atoms with Crippen LogP contribution in [0.1, 0.15) is 38.1 Å². The first-order valence-electron chi connectivity index (χ1n) is 9.68. The summed E-state index contributed by atoms with van der Waals surface area (Å²) in [4.78, 5) is 24.3. The summed E-state index contributed by atoms with van der Waals surface area (Å²) >= 11 is 0. The molecule has 1 atom stereocenters. The van der Waals surface area contributed by atoms with E-state index >= 15 is 0 Å². The highest BCUT2D eigenvalue weighted by Crippen LogP contribution is 2.19. The van der Waals surface area contributed by atoms with Gasteiger partial charge in [-0.05, 0) is 58.4 Å². The molecule has 1 heterocycles. The first-order chi connectivity index (χ1) is 13.8. The molecule has 0 unspecified atom stereocenters. The molecule has 8 heteroatoms. The Labute approximate surface area is 171 Å². The van der Waals surface area contributed by atoms with Crippen molar-refractivity contribution in [3.05, 3.63) is 35.7 Å². The summed E-state index contributed by atoms with van der Waals surface area (Å²) in [6.07, 6.45) is -0.241. The molecule has 1 N–H and O–H groups in total. The molecular weight excluding hydrogens is 374 g/mol. The van der Waals surface area contributed by atoms with Crippen molar-refractivity contribution in [1.29, 1.82) is 0 Å². The van der Waals surface area contributed by atoms with Gasteiger partial charge < -0.3 is 19.5 Å². The maximum atomic E-state index is 12.3. The van der Waals surface area contributed by atoms with E-state index in [1.54, 1.807) is 18.7 Å². The van der Waals surface area contributed by atoms with Crippen LogP contribution in [-0.4, -0.2) is 41.0 Å². The zero-order chi connectivity index (χ0) is 21.4. The standard InChI is InChI=1S/C21H29N3O5/c1-6-27-17-9-11-18(12-10-17)28-13-7-8-19(25)29-16(4)21(26)22-20-14(2)23-24(5)15(20)3/h9-12,16H,6-8,13H2,1-5H3,(H,22,26)/t16-/m1/s1. The summed E-state index contributed by atoms with van der Waals surface area (Å²) in [5.74, 6) is 0.662. The lowest BCUT2D eigenvalue weighted by atomic mass is 10.2. The maximum Gasteiger partial charge on any atom is 0.306 e. The number of hydrogen-bond acceptors (Lipinski definition) is 6. The third-order valence-corrected chi connectivity index (χ3v) is 4.36. The fourth-order valence-corrected chi connectivity index (χ4v) is 2.69. The number of ether oxygens (including phenoxy) is 3. The number of aromatic nitrogens is 2. The third kappa shape index (κ3) is 6.51. The van der Waals surface area contributed by atoms with E-state index in [4.69, 9.17) is 14.2 Å². The van der Waals surface area contributed by atoms with E-state index < -0.39 is 12.1 Å². The molecule has 0 aliphatic carbocycles. The molecule has 0 radical (unpaired) electrons. The Kier molecular flexibility index (Phi) is 8.06. The molecule has 158 valence electrons. The molecule has 1 amide bonds. The van der Waals surface area contributed by atoms with Gasteiger partial charge in [0.05, 0.1) is 30.3 Å². The number of nitrogens with zero attached hydrogens (tertiary/aromatic N) is 2. The van der Waals surface area contributed by atoms with Crippen molar-refractivity contribution in [2.24, 2.45) is 7.05 Å². The molecule has 2 rings (SSSR count). The second-order valence-electron chi connectivity index (χ2n) is 6.65. The highest BCUT2D eigenvalue weighted by Gasteiger charge is 2.20. The fraction of sp³-hybridized carbons (Fsp3) is 0.476. The average molecular weight is 403 g/mol. The number of esters is 1. The minimum absolute atomic E-state index is 0.166. The van der Waals surface area contributed by atoms with Crippen molar-refractivity contribution in [3.8, 4) is 11.5 Å². The lowest BCUT2D eigenvalue weighted by molar-refractivity contribution is -0.153. The number of amides is 1. The highest BCUT2D eigenvalue weighted by atomic mass is 16.5. The molecule has 0 saturated heterocycles. The van der Waals surface area contributed by atoms with E-state index in [1.807, 2.05) is 45.0 Å². The fourth-order valence-electron chi connectivity index (χ4n) is 2.69. The second kappa shape index (κ2) is 10.5. The quantitative estimate of drug-likeness (QED) is 0.484. The van der Waals surface area contributed by atoms with E-state index in [9.17, 15) is 9.59 Å². The Bertz CT molecular complexity index is 830. The van der Waals surface area contributed by atoms with E-state index in [-0.39, 0.29) is 12.3 Å². The molecule has 2 aromatic rings. The first kappa shape index (κ1) is 22.3. The number of hydrogen-bond donors (Lipinski definition) is 1. The highest BCUT2D eigenvalue weighted by molar-refractivity contribution is 5.96. The van der Waals surface area contributed by atoms with Gasteiger partial charge in [-0.1, -0.05) is 0 Å². The van der Waals surface area contributed by atoms with Crippen LogP contribution in [-0.2, 0) is 21.4 Å². The molecule has 1 aromatic carbocycles. The zero-order valence-corrected chi connectivity index (χ0v) is 17.7. The second-order valence-corrected chi connectivity index (χ2v) is 6.65. The number of carbonyl (C=O) groups excluding carboxylic acids is 2. The normalized spacial score (nSPS) is 11.6. The van der Waals surface area contributed by atoms with Crippen molar-refractivity contribution >= 4 is 17.6 Å². The van der Waals surface area contributed by atoms with Gasteiger partial charge in [0.25, 0.3) is 5.91 Å². The predicted octanol–water partition coefficient (Wildman–Crippen LogP) is 3.17. The van der Waals surface area contributed by atoms with Gasteiger partial charge in [0.15, 0.2) is 6.10 Å². The Hall–Kier alpha value is -3.03. The summed E-state index contributed by atoms with van der Waals surface area (Å²) in [5.41, 5.74) is 2.19. The molecule has 1 aromatic heterocycles. The first-order valence-corrected chi connectivity index (χ1v) is 9.68. The minimum atomic E-state index is -0.895. The van der Waals surface area contributed by atoms with Gasteiger partial charge in [-0.2, -0.15) is 5.10 Å². The number of carbonyl (C=O) groups is 2. The maximum absolute atomic E-state index is 12.3. The van der Waals surface area contributed by atoms with Crippen molar-refractivity contribution in [3.63, 3.8) is 0 Å². The van der Waals surface area contributed by atoms with Crippen LogP contribution in [0.25, 0.3) is 0 Å². The van der Waals surface area contributed by atoms with E-state index in [0.717, 1.165) is 11.4 Å². The number of aryl methyl sites for hydroxylation is 2. The molecule has 0 aliphatic heterocycles. The Morgan fingerprint density at radius 2 is 1.76 bits per heavy atom. The summed E-state index contributed by atoms with van der Waals surface area (Å²) < 4.78 is 17.9. The SMILES string of the molecule is CCOc1ccc(OCCCC(=O)O[C@H](C)C(=O)Nc2c(C)nn(C)c2C)cc1. The number of anilines is 1. The van der Waals surface area contributed by atoms with Gasteiger partial charge in [0, 0.05) is 13.5 Å². The number of rotatable bonds is 10. The van der Waals surface area contributed by atoms with Crippen molar-refractivity contribution in [2.45, 2.75) is 46.6 Å². The summed E-state index contributed by atoms with van der Waals surface area (Å²) in [5, 5.41) is 7.02. The van der Waals surface area contributed by atoms with Gasteiger partial charge in [-0.25, -0.2) is 0 Å². The van der Waals surface area contributed by atoms with E-state index in [0.29, 0.717) is 36.8 Å². The molecule has 0 fully saturated rings. The van der Waals surface area contributed by atoms with Gasteiger partial charge in [0.2, 0.25) is 0 Å². The van der Waals surface area contributed by atoms with Crippen molar-refractivity contribution in [2.75, 3.05) is 18.5 Å². The van der Waals surface area contributed by atoms with Crippen LogP contribution in [0.2, 0.25) is 0 Å². The predicted molar refractivity (Wildman–Crippen MR) is 109 cm³/mol. The van der Waals surface area contributed by atoms with Crippen LogP contribution in [0.4, 0.5) is 5.69 Å². The largest absolute Gasteiger partial charge is 0.494 e. The van der Waals surface area contributed by atoms with Crippen LogP contribution in [0, 0.1) is 13.8 Å². The lowest BCUT2D eigenvalue weighted by Crippen LogP contribution is -2.30. The smallest absolute Gasteiger partial charge is 0.306 e. The van der Waals surface area contributed by atoms with Crippen molar-refractivity contribution < 1.29 is 23.8 Å². The van der Waals surface area contributed by atoms with Crippen LogP contribution >= 0.6 is 0 Å². The monoisotopic (exact) mass is 403 g/mol. The van der Waals surface area contributed by atoms with E-state index in [2.05, 4.69) is 10.4 Å². The molecule has 0 spiro atoms. The van der Waals surface area contributed by atoms with Crippen LogP contribution in [0.3, 0.4) is 0 Å².